The third kappa shape index (κ3) is 3.58. The molecule has 0 aliphatic carbocycles. The highest BCUT2D eigenvalue weighted by molar-refractivity contribution is 5.81. The van der Waals surface area contributed by atoms with Gasteiger partial charge in [-0.3, -0.25) is 10.1 Å². The quantitative estimate of drug-likeness (QED) is 0.809. The molecule has 0 aromatic heterocycles. The van der Waals surface area contributed by atoms with Crippen molar-refractivity contribution < 1.29 is 9.53 Å². The van der Waals surface area contributed by atoms with E-state index in [1.807, 2.05) is 17.0 Å². The van der Waals surface area contributed by atoms with Crippen LogP contribution in [-0.4, -0.2) is 37.1 Å². The van der Waals surface area contributed by atoms with Crippen molar-refractivity contribution in [1.29, 1.82) is 0 Å². The Morgan fingerprint density at radius 1 is 1.40 bits per heavy atom. The molecule has 4 heteroatoms. The highest BCUT2D eigenvalue weighted by Crippen LogP contribution is 2.24. The molecule has 0 bridgehead atoms. The lowest BCUT2D eigenvalue weighted by atomic mass is 10.1. The van der Waals surface area contributed by atoms with Crippen LogP contribution in [0.2, 0.25) is 0 Å². The fourth-order valence-corrected chi connectivity index (χ4v) is 2.45. The third-order valence-electron chi connectivity index (χ3n) is 3.49. The van der Waals surface area contributed by atoms with Gasteiger partial charge in [-0.05, 0) is 24.0 Å². The first-order valence-corrected chi connectivity index (χ1v) is 7.25. The van der Waals surface area contributed by atoms with Gasteiger partial charge in [-0.25, -0.2) is 0 Å². The molecule has 1 aliphatic rings. The predicted octanol–water partition coefficient (Wildman–Crippen LogP) is 2.10. The minimum absolute atomic E-state index is 0.0219. The molecule has 20 heavy (non-hydrogen) atoms. The zero-order valence-corrected chi connectivity index (χ0v) is 12.6. The Bertz CT molecular complexity index is 460. The minimum atomic E-state index is -0.0219. The average Bonchev–Trinajstić information content (AvgIpc) is 2.76. The normalized spacial score (nSPS) is 19.1. The number of benzene rings is 1. The lowest BCUT2D eigenvalue weighted by molar-refractivity contribution is -0.128. The van der Waals surface area contributed by atoms with Gasteiger partial charge in [0.15, 0.2) is 0 Å². The smallest absolute Gasteiger partial charge is 0.238 e. The first kappa shape index (κ1) is 15.0. The summed E-state index contributed by atoms with van der Waals surface area (Å²) in [5.41, 5.74) is 2.37. The maximum Gasteiger partial charge on any atom is 0.238 e. The van der Waals surface area contributed by atoms with Crippen molar-refractivity contribution in [3.8, 4) is 0 Å². The van der Waals surface area contributed by atoms with E-state index < -0.39 is 0 Å². The number of hydrogen-bond donors (Lipinski definition) is 1. The summed E-state index contributed by atoms with van der Waals surface area (Å²) in [4.78, 5) is 13.9. The van der Waals surface area contributed by atoms with Crippen molar-refractivity contribution >= 4 is 5.91 Å². The van der Waals surface area contributed by atoms with Crippen LogP contribution in [0.3, 0.4) is 0 Å². The summed E-state index contributed by atoms with van der Waals surface area (Å²) in [6.45, 7) is 8.70. The number of amides is 1. The first-order chi connectivity index (χ1) is 9.59. The Balaban J connectivity index is 1.98. The van der Waals surface area contributed by atoms with Crippen LogP contribution in [0.15, 0.2) is 24.3 Å². The van der Waals surface area contributed by atoms with Gasteiger partial charge in [-0.1, -0.05) is 38.1 Å². The van der Waals surface area contributed by atoms with Crippen LogP contribution in [0.1, 0.15) is 31.1 Å². The number of hydrogen-bond acceptors (Lipinski definition) is 3. The van der Waals surface area contributed by atoms with Crippen LogP contribution in [0.25, 0.3) is 0 Å². The molecule has 4 nitrogen and oxygen atoms in total. The summed E-state index contributed by atoms with van der Waals surface area (Å²) < 4.78 is 5.60. The third-order valence-corrected chi connectivity index (χ3v) is 3.49. The van der Waals surface area contributed by atoms with Crippen LogP contribution in [0.5, 0.6) is 0 Å². The largest absolute Gasteiger partial charge is 0.379 e. The van der Waals surface area contributed by atoms with Gasteiger partial charge in [0.2, 0.25) is 5.91 Å². The molecular weight excluding hydrogens is 252 g/mol. The van der Waals surface area contributed by atoms with Gasteiger partial charge in [-0.15, -0.1) is 0 Å². The van der Waals surface area contributed by atoms with E-state index in [0.717, 1.165) is 6.61 Å². The van der Waals surface area contributed by atoms with Crippen molar-refractivity contribution in [2.24, 2.45) is 5.92 Å². The predicted molar refractivity (Wildman–Crippen MR) is 79.3 cm³/mol. The monoisotopic (exact) mass is 276 g/mol. The average molecular weight is 276 g/mol. The van der Waals surface area contributed by atoms with Crippen LogP contribution in [-0.2, 0) is 9.53 Å². The number of rotatable bonds is 6. The highest BCUT2D eigenvalue weighted by atomic mass is 16.5. The van der Waals surface area contributed by atoms with E-state index in [2.05, 4.69) is 38.2 Å². The second-order valence-electron chi connectivity index (χ2n) is 5.70. The SMILES string of the molecule is Cc1ccccc1C1NCC(=O)N1CCOCC(C)C. The topological polar surface area (TPSA) is 41.6 Å². The summed E-state index contributed by atoms with van der Waals surface area (Å²) in [6, 6.07) is 8.19. The van der Waals surface area contributed by atoms with Crippen LogP contribution in [0, 0.1) is 12.8 Å². The van der Waals surface area contributed by atoms with Gasteiger partial charge >= 0.3 is 0 Å². The Hall–Kier alpha value is -1.39. The molecule has 110 valence electrons. The summed E-state index contributed by atoms with van der Waals surface area (Å²) in [6.07, 6.45) is -0.0219. The molecule has 0 radical (unpaired) electrons. The molecule has 1 aromatic carbocycles. The standard InChI is InChI=1S/C16H24N2O2/c1-12(2)11-20-9-8-18-15(19)10-17-16(18)14-7-5-4-6-13(14)3/h4-7,12,16-17H,8-11H2,1-3H3. The van der Waals surface area contributed by atoms with Crippen molar-refractivity contribution in [2.45, 2.75) is 26.9 Å². The lowest BCUT2D eigenvalue weighted by Crippen LogP contribution is -2.33. The number of nitrogens with one attached hydrogen (secondary N) is 1. The molecular formula is C16H24N2O2. The highest BCUT2D eigenvalue weighted by Gasteiger charge is 2.31. The molecule has 1 aromatic rings. The zero-order valence-electron chi connectivity index (χ0n) is 12.6. The van der Waals surface area contributed by atoms with E-state index in [9.17, 15) is 4.79 Å². The van der Waals surface area contributed by atoms with Gasteiger partial charge in [-0.2, -0.15) is 0 Å². The van der Waals surface area contributed by atoms with Gasteiger partial charge in [0.05, 0.1) is 13.2 Å². The van der Waals surface area contributed by atoms with Crippen molar-refractivity contribution in [1.82, 2.24) is 10.2 Å². The fraction of sp³-hybridized carbons (Fsp3) is 0.562. The van der Waals surface area contributed by atoms with Crippen LogP contribution < -0.4 is 5.32 Å². The van der Waals surface area contributed by atoms with E-state index >= 15 is 0 Å². The van der Waals surface area contributed by atoms with Crippen molar-refractivity contribution in [3.63, 3.8) is 0 Å². The molecule has 0 saturated carbocycles. The van der Waals surface area contributed by atoms with E-state index in [1.165, 1.54) is 11.1 Å². The summed E-state index contributed by atoms with van der Waals surface area (Å²) in [5.74, 6) is 0.668. The summed E-state index contributed by atoms with van der Waals surface area (Å²) in [7, 11) is 0. The molecule has 1 amide bonds. The van der Waals surface area contributed by atoms with Crippen molar-refractivity contribution in [2.75, 3.05) is 26.3 Å². The molecule has 1 unspecified atom stereocenters. The molecule has 1 saturated heterocycles. The second-order valence-corrected chi connectivity index (χ2v) is 5.70. The van der Waals surface area contributed by atoms with E-state index in [1.54, 1.807) is 0 Å². The molecule has 0 spiro atoms. The van der Waals surface area contributed by atoms with Crippen molar-refractivity contribution in [3.05, 3.63) is 35.4 Å². The maximum atomic E-state index is 12.0. The van der Waals surface area contributed by atoms with E-state index in [-0.39, 0.29) is 12.1 Å². The van der Waals surface area contributed by atoms with E-state index in [0.29, 0.717) is 25.6 Å². The van der Waals surface area contributed by atoms with Gasteiger partial charge in [0.25, 0.3) is 0 Å². The maximum absolute atomic E-state index is 12.0. The fourth-order valence-electron chi connectivity index (χ4n) is 2.45. The Morgan fingerprint density at radius 3 is 2.85 bits per heavy atom. The van der Waals surface area contributed by atoms with Crippen LogP contribution >= 0.6 is 0 Å². The minimum Gasteiger partial charge on any atom is -0.379 e. The number of aryl methyl sites for hydroxylation is 1. The summed E-state index contributed by atoms with van der Waals surface area (Å²) >= 11 is 0. The number of carbonyl (C=O) groups is 1. The molecule has 2 rings (SSSR count). The molecule has 1 heterocycles. The Kier molecular flexibility index (Phi) is 5.15. The lowest BCUT2D eigenvalue weighted by Gasteiger charge is -2.26. The number of ether oxygens (including phenoxy) is 1. The first-order valence-electron chi connectivity index (χ1n) is 7.25. The second kappa shape index (κ2) is 6.86. The Morgan fingerprint density at radius 2 is 2.15 bits per heavy atom. The molecule has 1 fully saturated rings. The molecule has 1 N–H and O–H groups in total. The molecule has 1 atom stereocenters. The number of carbonyl (C=O) groups excluding carboxylic acids is 1. The summed E-state index contributed by atoms with van der Waals surface area (Å²) in [5, 5.41) is 3.28. The van der Waals surface area contributed by atoms with Crippen LogP contribution in [0.4, 0.5) is 0 Å². The zero-order chi connectivity index (χ0) is 14.5. The van der Waals surface area contributed by atoms with Gasteiger partial charge < -0.3 is 9.64 Å². The Labute approximate surface area is 121 Å². The van der Waals surface area contributed by atoms with E-state index in [4.69, 9.17) is 4.74 Å². The van der Waals surface area contributed by atoms with Gasteiger partial charge in [0, 0.05) is 13.2 Å². The molecule has 1 aliphatic heterocycles. The van der Waals surface area contributed by atoms with Gasteiger partial charge in [0.1, 0.15) is 6.17 Å². The number of nitrogens with zero attached hydrogens (tertiary/aromatic N) is 1.